The Labute approximate surface area is 174 Å². The fourth-order valence-electron chi connectivity index (χ4n) is 3.47. The Morgan fingerprint density at radius 1 is 1.10 bits per heavy atom. The van der Waals surface area contributed by atoms with Crippen LogP contribution >= 0.6 is 0 Å². The highest BCUT2D eigenvalue weighted by Gasteiger charge is 2.31. The zero-order chi connectivity index (χ0) is 21.7. The molecule has 2 atom stereocenters. The SMILES string of the molecule is CCC[C@H](C(=O)O)[C@H](Cc1ccc(-c2ccc(S(N)(=O)=O)cc2)cc1)c1nn[nH]n1. The molecule has 30 heavy (non-hydrogen) atoms. The summed E-state index contributed by atoms with van der Waals surface area (Å²) in [5.41, 5.74) is 2.69. The van der Waals surface area contributed by atoms with E-state index in [1.165, 1.54) is 12.1 Å². The number of aromatic nitrogens is 4. The van der Waals surface area contributed by atoms with Crippen LogP contribution in [0, 0.1) is 5.92 Å². The number of rotatable bonds is 9. The zero-order valence-corrected chi connectivity index (χ0v) is 17.2. The second-order valence-corrected chi connectivity index (χ2v) is 8.64. The fourth-order valence-corrected chi connectivity index (χ4v) is 3.99. The molecule has 158 valence electrons. The molecule has 3 aromatic rings. The van der Waals surface area contributed by atoms with Gasteiger partial charge in [0, 0.05) is 5.92 Å². The first-order valence-electron chi connectivity index (χ1n) is 9.48. The minimum absolute atomic E-state index is 0.0569. The Morgan fingerprint density at radius 3 is 2.17 bits per heavy atom. The van der Waals surface area contributed by atoms with E-state index in [1.807, 2.05) is 31.2 Å². The van der Waals surface area contributed by atoms with E-state index < -0.39 is 27.8 Å². The standard InChI is InChI=1S/C20H23N5O4S/c1-2-3-17(20(26)27)18(19-22-24-25-23-19)12-13-4-6-14(7-5-13)15-8-10-16(11-9-15)30(21,28)29/h4-11,17-18H,2-3,12H2,1H3,(H,26,27)(H2,21,28,29)(H,22,23,24,25)/t17-,18-/m0/s1. The molecule has 2 aromatic carbocycles. The maximum Gasteiger partial charge on any atom is 0.307 e. The largest absolute Gasteiger partial charge is 0.481 e. The first-order valence-corrected chi connectivity index (χ1v) is 11.0. The number of hydrogen-bond acceptors (Lipinski definition) is 6. The first kappa shape index (κ1) is 21.6. The summed E-state index contributed by atoms with van der Waals surface area (Å²) in [4.78, 5) is 11.9. The van der Waals surface area contributed by atoms with Gasteiger partial charge in [-0.05, 0) is 41.7 Å². The summed E-state index contributed by atoms with van der Waals surface area (Å²) in [7, 11) is -3.73. The number of primary sulfonamides is 1. The minimum Gasteiger partial charge on any atom is -0.481 e. The van der Waals surface area contributed by atoms with Crippen LogP contribution in [0.1, 0.15) is 37.1 Å². The number of sulfonamides is 1. The average molecular weight is 430 g/mol. The predicted octanol–water partition coefficient (Wildman–Crippen LogP) is 2.34. The van der Waals surface area contributed by atoms with Crippen molar-refractivity contribution in [3.63, 3.8) is 0 Å². The number of carbonyl (C=O) groups is 1. The van der Waals surface area contributed by atoms with Crippen LogP contribution in [-0.4, -0.2) is 40.1 Å². The van der Waals surface area contributed by atoms with Crippen molar-refractivity contribution in [2.24, 2.45) is 11.1 Å². The van der Waals surface area contributed by atoms with Gasteiger partial charge in [0.1, 0.15) is 0 Å². The van der Waals surface area contributed by atoms with E-state index in [1.54, 1.807) is 12.1 Å². The van der Waals surface area contributed by atoms with Crippen molar-refractivity contribution in [1.82, 2.24) is 20.6 Å². The summed E-state index contributed by atoms with van der Waals surface area (Å²) >= 11 is 0. The number of benzene rings is 2. The third-order valence-corrected chi connectivity index (χ3v) is 5.95. The zero-order valence-electron chi connectivity index (χ0n) is 16.4. The van der Waals surface area contributed by atoms with Crippen molar-refractivity contribution in [1.29, 1.82) is 0 Å². The maximum atomic E-state index is 11.8. The quantitative estimate of drug-likeness (QED) is 0.472. The van der Waals surface area contributed by atoms with Gasteiger partial charge in [0.05, 0.1) is 10.8 Å². The molecule has 10 heteroatoms. The molecule has 0 radical (unpaired) electrons. The van der Waals surface area contributed by atoms with Gasteiger partial charge in [-0.2, -0.15) is 5.21 Å². The molecule has 9 nitrogen and oxygen atoms in total. The van der Waals surface area contributed by atoms with E-state index in [4.69, 9.17) is 5.14 Å². The summed E-state index contributed by atoms with van der Waals surface area (Å²) in [6.45, 7) is 1.94. The van der Waals surface area contributed by atoms with Crippen molar-refractivity contribution in [3.05, 3.63) is 59.9 Å². The lowest BCUT2D eigenvalue weighted by molar-refractivity contribution is -0.143. The van der Waals surface area contributed by atoms with Crippen LogP contribution in [-0.2, 0) is 21.2 Å². The minimum atomic E-state index is -3.73. The highest BCUT2D eigenvalue weighted by Crippen LogP contribution is 2.30. The van der Waals surface area contributed by atoms with Gasteiger partial charge in [-0.25, -0.2) is 13.6 Å². The van der Waals surface area contributed by atoms with E-state index in [0.717, 1.165) is 23.1 Å². The molecule has 1 heterocycles. The molecule has 0 aliphatic heterocycles. The van der Waals surface area contributed by atoms with Gasteiger partial charge in [0.15, 0.2) is 5.82 Å². The molecule has 0 spiro atoms. The number of nitrogens with zero attached hydrogens (tertiary/aromatic N) is 3. The molecular weight excluding hydrogens is 406 g/mol. The third-order valence-electron chi connectivity index (χ3n) is 5.02. The van der Waals surface area contributed by atoms with Crippen LogP contribution < -0.4 is 5.14 Å². The van der Waals surface area contributed by atoms with Crippen LogP contribution in [0.5, 0.6) is 0 Å². The molecule has 0 aliphatic carbocycles. The maximum absolute atomic E-state index is 11.8. The number of nitrogens with two attached hydrogens (primary N) is 1. The average Bonchev–Trinajstić information content (AvgIpc) is 3.25. The first-order chi connectivity index (χ1) is 14.3. The number of hydrogen-bond donors (Lipinski definition) is 3. The lowest BCUT2D eigenvalue weighted by Gasteiger charge is -2.21. The molecule has 0 bridgehead atoms. The summed E-state index contributed by atoms with van der Waals surface area (Å²) in [5, 5.41) is 28.8. The number of tetrazole rings is 1. The number of aliphatic carboxylic acids is 1. The van der Waals surface area contributed by atoms with Gasteiger partial charge < -0.3 is 5.11 Å². The van der Waals surface area contributed by atoms with Gasteiger partial charge in [0.25, 0.3) is 0 Å². The van der Waals surface area contributed by atoms with Gasteiger partial charge in [-0.3, -0.25) is 4.79 Å². The smallest absolute Gasteiger partial charge is 0.307 e. The molecule has 0 saturated heterocycles. The van der Waals surface area contributed by atoms with E-state index in [0.29, 0.717) is 18.7 Å². The van der Waals surface area contributed by atoms with Crippen LogP contribution in [0.3, 0.4) is 0 Å². The van der Waals surface area contributed by atoms with E-state index in [2.05, 4.69) is 20.6 Å². The third kappa shape index (κ3) is 5.08. The van der Waals surface area contributed by atoms with Crippen molar-refractivity contribution in [2.45, 2.75) is 37.0 Å². The summed E-state index contributed by atoms with van der Waals surface area (Å²) in [5.74, 6) is -1.50. The number of carboxylic acid groups (broad SMARTS) is 1. The Kier molecular flexibility index (Phi) is 6.58. The molecule has 0 aliphatic rings. The Balaban J connectivity index is 1.82. The molecule has 0 fully saturated rings. The molecule has 0 unspecified atom stereocenters. The number of carboxylic acids is 1. The summed E-state index contributed by atoms with van der Waals surface area (Å²) < 4.78 is 22.8. The monoisotopic (exact) mass is 429 g/mol. The Hall–Kier alpha value is -3.11. The van der Waals surface area contributed by atoms with Crippen LogP contribution in [0.4, 0.5) is 0 Å². The Bertz CT molecular complexity index is 1080. The summed E-state index contributed by atoms with van der Waals surface area (Å²) in [6, 6.07) is 14.0. The fraction of sp³-hybridized carbons (Fsp3) is 0.300. The van der Waals surface area contributed by atoms with Crippen LogP contribution in [0.15, 0.2) is 53.4 Å². The molecule has 1 aromatic heterocycles. The predicted molar refractivity (Wildman–Crippen MR) is 110 cm³/mol. The molecular formula is C20H23N5O4S. The topological polar surface area (TPSA) is 152 Å². The van der Waals surface area contributed by atoms with E-state index >= 15 is 0 Å². The van der Waals surface area contributed by atoms with Crippen molar-refractivity contribution >= 4 is 16.0 Å². The van der Waals surface area contributed by atoms with Crippen LogP contribution in [0.25, 0.3) is 11.1 Å². The number of nitrogens with one attached hydrogen (secondary N) is 1. The lowest BCUT2D eigenvalue weighted by atomic mass is 9.83. The van der Waals surface area contributed by atoms with Crippen LogP contribution in [0.2, 0.25) is 0 Å². The second-order valence-electron chi connectivity index (χ2n) is 7.08. The van der Waals surface area contributed by atoms with Crippen molar-refractivity contribution in [3.8, 4) is 11.1 Å². The van der Waals surface area contributed by atoms with Crippen molar-refractivity contribution in [2.75, 3.05) is 0 Å². The molecule has 4 N–H and O–H groups in total. The van der Waals surface area contributed by atoms with Gasteiger partial charge in [-0.15, -0.1) is 10.2 Å². The van der Waals surface area contributed by atoms with Gasteiger partial charge in [-0.1, -0.05) is 55.0 Å². The normalized spacial score (nSPS) is 13.7. The highest BCUT2D eigenvalue weighted by atomic mass is 32.2. The second kappa shape index (κ2) is 9.14. The van der Waals surface area contributed by atoms with E-state index in [9.17, 15) is 18.3 Å². The van der Waals surface area contributed by atoms with E-state index in [-0.39, 0.29) is 4.90 Å². The number of H-pyrrole nitrogens is 1. The van der Waals surface area contributed by atoms with Gasteiger partial charge in [0.2, 0.25) is 10.0 Å². The number of aromatic amines is 1. The van der Waals surface area contributed by atoms with Crippen molar-refractivity contribution < 1.29 is 18.3 Å². The Morgan fingerprint density at radius 2 is 1.70 bits per heavy atom. The summed E-state index contributed by atoms with van der Waals surface area (Å²) in [6.07, 6.45) is 1.71. The molecule has 0 saturated carbocycles. The van der Waals surface area contributed by atoms with Gasteiger partial charge >= 0.3 is 5.97 Å². The highest BCUT2D eigenvalue weighted by molar-refractivity contribution is 7.89. The lowest BCUT2D eigenvalue weighted by Crippen LogP contribution is -2.25. The molecule has 3 rings (SSSR count). The molecule has 0 amide bonds.